The van der Waals surface area contributed by atoms with E-state index in [0.717, 1.165) is 0 Å². The second-order valence-corrected chi connectivity index (χ2v) is 5.66. The minimum Gasteiger partial charge on any atom is -0.485 e. The number of rotatable bonds is 2. The zero-order valence-electron chi connectivity index (χ0n) is 12.8. The number of urea groups is 1. The summed E-state index contributed by atoms with van der Waals surface area (Å²) in [4.78, 5) is 27.8. The number of carbonyl (C=O) groups excluding carboxylic acids is 2. The van der Waals surface area contributed by atoms with Gasteiger partial charge in [-0.1, -0.05) is 6.08 Å². The van der Waals surface area contributed by atoms with E-state index in [1.54, 1.807) is 22.9 Å². The van der Waals surface area contributed by atoms with Crippen molar-refractivity contribution in [2.45, 2.75) is 12.1 Å². The number of nitrogens with zero attached hydrogens (tertiary/aromatic N) is 2. The number of hydrogen-bond donors (Lipinski definition) is 1. The molecule has 3 rings (SSSR count). The number of likely N-dealkylation sites (N-methyl/N-ethyl adjacent to an activating group) is 1. The molecule has 3 amide bonds. The third-order valence-corrected chi connectivity index (χ3v) is 4.19. The molecule has 2 aliphatic heterocycles. The number of halogens is 1. The summed E-state index contributed by atoms with van der Waals surface area (Å²) in [5, 5.41) is 2.70. The molecule has 1 aromatic carbocycles. The number of ether oxygens (including phenoxy) is 1. The molecule has 2 heterocycles. The van der Waals surface area contributed by atoms with E-state index in [1.165, 1.54) is 18.2 Å². The van der Waals surface area contributed by atoms with Gasteiger partial charge in [0.1, 0.15) is 17.7 Å². The zero-order valence-corrected chi connectivity index (χ0v) is 12.8. The van der Waals surface area contributed by atoms with Gasteiger partial charge in [-0.15, -0.1) is 6.58 Å². The highest BCUT2D eigenvalue weighted by Gasteiger charge is 2.43. The molecule has 0 radical (unpaired) electrons. The Hall–Kier alpha value is -2.57. The van der Waals surface area contributed by atoms with E-state index in [1.807, 2.05) is 0 Å². The maximum absolute atomic E-state index is 13.5. The van der Waals surface area contributed by atoms with E-state index in [0.29, 0.717) is 25.2 Å². The SMILES string of the molecule is C=CCNC(=O)N1CC2Oc3cc(F)ccc3C(=O)N(C)C2C1. The molecule has 6 nitrogen and oxygen atoms in total. The summed E-state index contributed by atoms with van der Waals surface area (Å²) in [6, 6.07) is 3.38. The lowest BCUT2D eigenvalue weighted by Gasteiger charge is -2.24. The van der Waals surface area contributed by atoms with Gasteiger partial charge < -0.3 is 19.9 Å². The van der Waals surface area contributed by atoms with Gasteiger partial charge in [0.25, 0.3) is 5.91 Å². The predicted molar refractivity (Wildman–Crippen MR) is 81.9 cm³/mol. The summed E-state index contributed by atoms with van der Waals surface area (Å²) in [6.45, 7) is 4.62. The van der Waals surface area contributed by atoms with Crippen molar-refractivity contribution < 1.29 is 18.7 Å². The van der Waals surface area contributed by atoms with E-state index in [2.05, 4.69) is 11.9 Å². The van der Waals surface area contributed by atoms with Crippen molar-refractivity contribution in [2.75, 3.05) is 26.7 Å². The molecule has 1 fully saturated rings. The fourth-order valence-electron chi connectivity index (χ4n) is 2.96. The van der Waals surface area contributed by atoms with Gasteiger partial charge in [-0.05, 0) is 12.1 Å². The van der Waals surface area contributed by atoms with Crippen LogP contribution in [0.4, 0.5) is 9.18 Å². The van der Waals surface area contributed by atoms with Gasteiger partial charge in [-0.25, -0.2) is 9.18 Å². The third kappa shape index (κ3) is 2.74. The van der Waals surface area contributed by atoms with E-state index in [4.69, 9.17) is 4.74 Å². The molecule has 1 aromatic rings. The summed E-state index contributed by atoms with van der Waals surface area (Å²) in [5.41, 5.74) is 0.339. The molecule has 2 aliphatic rings. The lowest BCUT2D eigenvalue weighted by atomic mass is 10.1. The highest BCUT2D eigenvalue weighted by atomic mass is 19.1. The van der Waals surface area contributed by atoms with Crippen LogP contribution in [0.1, 0.15) is 10.4 Å². The smallest absolute Gasteiger partial charge is 0.317 e. The maximum atomic E-state index is 13.5. The molecule has 1 N–H and O–H groups in total. The average Bonchev–Trinajstić information content (AvgIpc) is 2.91. The first kappa shape index (κ1) is 15.3. The molecule has 23 heavy (non-hydrogen) atoms. The Morgan fingerprint density at radius 3 is 3.04 bits per heavy atom. The van der Waals surface area contributed by atoms with Crippen LogP contribution in [0.2, 0.25) is 0 Å². The van der Waals surface area contributed by atoms with Crippen molar-refractivity contribution in [3.8, 4) is 5.75 Å². The van der Waals surface area contributed by atoms with Crippen molar-refractivity contribution >= 4 is 11.9 Å². The number of amides is 3. The second kappa shape index (κ2) is 5.91. The molecule has 0 aromatic heterocycles. The Morgan fingerprint density at radius 2 is 2.30 bits per heavy atom. The van der Waals surface area contributed by atoms with Crippen molar-refractivity contribution in [3.05, 3.63) is 42.2 Å². The number of likely N-dealkylation sites (tertiary alicyclic amines) is 1. The van der Waals surface area contributed by atoms with Crippen molar-refractivity contribution in [3.63, 3.8) is 0 Å². The van der Waals surface area contributed by atoms with Gasteiger partial charge >= 0.3 is 6.03 Å². The summed E-state index contributed by atoms with van der Waals surface area (Å²) >= 11 is 0. The molecule has 7 heteroatoms. The van der Waals surface area contributed by atoms with Crippen molar-refractivity contribution in [1.29, 1.82) is 0 Å². The summed E-state index contributed by atoms with van der Waals surface area (Å²) in [6.07, 6.45) is 1.21. The lowest BCUT2D eigenvalue weighted by molar-refractivity contribution is 0.0682. The van der Waals surface area contributed by atoms with Crippen LogP contribution in [-0.4, -0.2) is 60.6 Å². The van der Waals surface area contributed by atoms with Crippen LogP contribution in [0, 0.1) is 5.82 Å². The van der Waals surface area contributed by atoms with Gasteiger partial charge in [0.05, 0.1) is 18.2 Å². The monoisotopic (exact) mass is 319 g/mol. The highest BCUT2D eigenvalue weighted by Crippen LogP contribution is 2.31. The average molecular weight is 319 g/mol. The van der Waals surface area contributed by atoms with Crippen LogP contribution in [-0.2, 0) is 0 Å². The van der Waals surface area contributed by atoms with E-state index < -0.39 is 5.82 Å². The third-order valence-electron chi connectivity index (χ3n) is 4.19. The quantitative estimate of drug-likeness (QED) is 0.834. The number of fused-ring (bicyclic) bond motifs is 2. The summed E-state index contributed by atoms with van der Waals surface area (Å²) in [7, 11) is 1.67. The lowest BCUT2D eigenvalue weighted by Crippen LogP contribution is -2.44. The van der Waals surface area contributed by atoms with Gasteiger partial charge in [-0.3, -0.25) is 4.79 Å². The first-order valence-corrected chi connectivity index (χ1v) is 7.38. The summed E-state index contributed by atoms with van der Waals surface area (Å²) in [5.74, 6) is -0.472. The van der Waals surface area contributed by atoms with E-state index in [-0.39, 0.29) is 29.8 Å². The van der Waals surface area contributed by atoms with Gasteiger partial charge in [-0.2, -0.15) is 0 Å². The molecule has 2 atom stereocenters. The maximum Gasteiger partial charge on any atom is 0.317 e. The Bertz CT molecular complexity index is 664. The van der Waals surface area contributed by atoms with Crippen LogP contribution in [0.25, 0.3) is 0 Å². The Labute approximate surface area is 133 Å². The molecular weight excluding hydrogens is 301 g/mol. The topological polar surface area (TPSA) is 61.9 Å². The van der Waals surface area contributed by atoms with Crippen LogP contribution >= 0.6 is 0 Å². The minimum absolute atomic E-state index is 0.225. The molecule has 0 aliphatic carbocycles. The molecule has 0 spiro atoms. The van der Waals surface area contributed by atoms with Crippen molar-refractivity contribution in [1.82, 2.24) is 15.1 Å². The second-order valence-electron chi connectivity index (χ2n) is 5.66. The van der Waals surface area contributed by atoms with E-state index in [9.17, 15) is 14.0 Å². The highest BCUT2D eigenvalue weighted by molar-refractivity contribution is 5.97. The van der Waals surface area contributed by atoms with Crippen molar-refractivity contribution in [2.24, 2.45) is 0 Å². The fourth-order valence-corrected chi connectivity index (χ4v) is 2.96. The first-order valence-electron chi connectivity index (χ1n) is 7.38. The molecule has 0 saturated carbocycles. The van der Waals surface area contributed by atoms with Gasteiger partial charge in [0.15, 0.2) is 0 Å². The standard InChI is InChI=1S/C16H18FN3O3/c1-3-6-18-16(22)20-8-12-14(9-20)23-13-7-10(17)4-5-11(13)15(21)19(12)2/h3-5,7,12,14H,1,6,8-9H2,2H3,(H,18,22). The molecule has 0 bridgehead atoms. The Morgan fingerprint density at radius 1 is 1.52 bits per heavy atom. The zero-order chi connectivity index (χ0) is 16.6. The number of carbonyl (C=O) groups is 2. The normalized spacial score (nSPS) is 22.8. The minimum atomic E-state index is -0.462. The number of hydrogen-bond acceptors (Lipinski definition) is 3. The molecular formula is C16H18FN3O3. The van der Waals surface area contributed by atoms with Crippen LogP contribution in [0.15, 0.2) is 30.9 Å². The molecule has 2 unspecified atom stereocenters. The molecule has 122 valence electrons. The fraction of sp³-hybridized carbons (Fsp3) is 0.375. The predicted octanol–water partition coefficient (Wildman–Crippen LogP) is 1.24. The van der Waals surface area contributed by atoms with Crippen LogP contribution < -0.4 is 10.1 Å². The van der Waals surface area contributed by atoms with Crippen LogP contribution in [0.3, 0.4) is 0 Å². The Balaban J connectivity index is 1.84. The Kier molecular flexibility index (Phi) is 3.94. The number of nitrogens with one attached hydrogen (secondary N) is 1. The summed E-state index contributed by atoms with van der Waals surface area (Å²) < 4.78 is 19.3. The largest absolute Gasteiger partial charge is 0.485 e. The van der Waals surface area contributed by atoms with E-state index >= 15 is 0 Å². The first-order chi connectivity index (χ1) is 11.0. The van der Waals surface area contributed by atoms with Crippen LogP contribution in [0.5, 0.6) is 5.75 Å². The molecule has 1 saturated heterocycles. The number of benzene rings is 1. The van der Waals surface area contributed by atoms with Gasteiger partial charge in [0.2, 0.25) is 0 Å². The van der Waals surface area contributed by atoms with Gasteiger partial charge in [0, 0.05) is 26.2 Å².